The summed E-state index contributed by atoms with van der Waals surface area (Å²) in [6.07, 6.45) is -19.8. The van der Waals surface area contributed by atoms with E-state index in [1.165, 1.54) is 57.7 Å². The third-order valence-electron chi connectivity index (χ3n) is 12.9. The fraction of sp³-hybridized carbons (Fsp3) is 0.694. The molecule has 0 aromatic heterocycles. The van der Waals surface area contributed by atoms with Crippen molar-refractivity contribution in [3.8, 4) is 11.5 Å². The normalized spacial score (nSPS) is 39.2. The number of phenolic OH excluding ortho intramolecular Hbond substituents is 1. The first kappa shape index (κ1) is 57.5. The number of phenols is 1. The van der Waals surface area contributed by atoms with Crippen LogP contribution in [0.25, 0.3) is 6.08 Å². The molecule has 0 aliphatic carbocycles. The highest BCUT2D eigenvalue weighted by atomic mass is 16.8. The molecule has 4 saturated heterocycles. The molecule has 4 heterocycles. The Hall–Kier alpha value is -3.43. The number of aromatic hydroxyl groups is 1. The Balaban J connectivity index is 1.28. The first-order valence-corrected chi connectivity index (χ1v) is 23.5. The molecular formula is C49H74O21. The molecule has 21 atom stereocenters. The molecular weight excluding hydrogens is 925 g/mol. The van der Waals surface area contributed by atoms with E-state index < -0.39 is 141 Å². The molecule has 4 aliphatic heterocycles. The minimum absolute atomic E-state index is 0.0950. The summed E-state index contributed by atoms with van der Waals surface area (Å²) in [5, 5.41) is 109. The van der Waals surface area contributed by atoms with Crippen LogP contribution in [0.4, 0.5) is 0 Å². The van der Waals surface area contributed by atoms with Crippen LogP contribution in [0.3, 0.4) is 0 Å². The van der Waals surface area contributed by atoms with Gasteiger partial charge in [-0.05, 0) is 97.9 Å². The Kier molecular flexibility index (Phi) is 20.9. The van der Waals surface area contributed by atoms with Crippen molar-refractivity contribution in [1.29, 1.82) is 0 Å². The molecule has 396 valence electrons. The molecule has 0 saturated carbocycles. The molecule has 0 spiro atoms. The lowest BCUT2D eigenvalue weighted by atomic mass is 9.95. The van der Waals surface area contributed by atoms with Gasteiger partial charge in [0.2, 0.25) is 0 Å². The number of hydrogen-bond acceptors (Lipinski definition) is 21. The van der Waals surface area contributed by atoms with E-state index in [1.54, 1.807) is 13.0 Å². The lowest BCUT2D eigenvalue weighted by Crippen LogP contribution is -2.66. The fourth-order valence-electron chi connectivity index (χ4n) is 8.43. The molecule has 21 nitrogen and oxygen atoms in total. The highest BCUT2D eigenvalue weighted by molar-refractivity contribution is 5.87. The summed E-state index contributed by atoms with van der Waals surface area (Å²) in [5.41, 5.74) is 1.71. The standard InChI is InChI=1S/C49H74O21/c1-10-49(8,20-12-15-24(4)14-11-13-23(2)3)70-48-44(69-47-41(60)38(57)43(27(7)65-47)68-46-39(58)35(54)33(52)25(5)63-46)36(55)34(53)31(66-48)22-62-45-40(59)37(56)42(26(6)64-45)67-32(51)19-17-28-16-18-29(50)30(21-28)61-9/h10,13,15-19,21,25-27,31,33-48,50,52-60H,1,11-12,14,20,22H2,2-9H3/b19-17+,24-15-/t25-,26-,27-,31+,33-,34+,35+,36-,37-,38-,39+,40+,41+,42-,43-,44+,45+,46-,47-,48-,49+/m0/s1. The monoisotopic (exact) mass is 998 g/mol. The third-order valence-corrected chi connectivity index (χ3v) is 12.9. The summed E-state index contributed by atoms with van der Waals surface area (Å²) in [6, 6.07) is 4.41. The molecule has 70 heavy (non-hydrogen) atoms. The maximum atomic E-state index is 12.8. The molecule has 0 unspecified atom stereocenters. The lowest BCUT2D eigenvalue weighted by Gasteiger charge is -2.49. The number of methoxy groups -OCH3 is 1. The summed E-state index contributed by atoms with van der Waals surface area (Å²) in [6.45, 7) is 15.6. The second-order valence-electron chi connectivity index (χ2n) is 18.8. The second kappa shape index (κ2) is 25.5. The van der Waals surface area contributed by atoms with Gasteiger partial charge in [-0.2, -0.15) is 0 Å². The van der Waals surface area contributed by atoms with Gasteiger partial charge in [-0.1, -0.05) is 35.4 Å². The van der Waals surface area contributed by atoms with Crippen molar-refractivity contribution in [3.05, 3.63) is 65.8 Å². The number of benzene rings is 1. The maximum Gasteiger partial charge on any atom is 0.331 e. The zero-order chi connectivity index (χ0) is 51.8. The van der Waals surface area contributed by atoms with Crippen molar-refractivity contribution in [2.45, 2.75) is 203 Å². The molecule has 5 rings (SSSR count). The van der Waals surface area contributed by atoms with Gasteiger partial charge in [0.05, 0.1) is 37.6 Å². The van der Waals surface area contributed by atoms with E-state index in [-0.39, 0.29) is 11.5 Å². The zero-order valence-corrected chi connectivity index (χ0v) is 40.9. The average molecular weight is 999 g/mol. The van der Waals surface area contributed by atoms with Crippen molar-refractivity contribution in [2.75, 3.05) is 13.7 Å². The highest BCUT2D eigenvalue weighted by Gasteiger charge is 2.54. The van der Waals surface area contributed by atoms with Crippen molar-refractivity contribution in [2.24, 2.45) is 0 Å². The van der Waals surface area contributed by atoms with Crippen LogP contribution in [0.5, 0.6) is 11.5 Å². The Morgan fingerprint density at radius 3 is 1.94 bits per heavy atom. The molecule has 1 aromatic rings. The van der Waals surface area contributed by atoms with Crippen molar-refractivity contribution < 1.29 is 103 Å². The van der Waals surface area contributed by atoms with Crippen LogP contribution in [0.15, 0.2) is 60.2 Å². The van der Waals surface area contributed by atoms with E-state index in [2.05, 4.69) is 18.7 Å². The van der Waals surface area contributed by atoms with E-state index in [0.717, 1.165) is 24.5 Å². The van der Waals surface area contributed by atoms with Gasteiger partial charge in [-0.15, -0.1) is 6.58 Å². The molecule has 0 radical (unpaired) electrons. The Morgan fingerprint density at radius 1 is 0.700 bits per heavy atom. The van der Waals surface area contributed by atoms with Gasteiger partial charge in [-0.3, -0.25) is 0 Å². The van der Waals surface area contributed by atoms with E-state index in [4.69, 9.17) is 47.4 Å². The number of ether oxygens (including phenoxy) is 10. The molecule has 1 aromatic carbocycles. The number of esters is 1. The summed E-state index contributed by atoms with van der Waals surface area (Å²) in [5.74, 6) is -0.788. The molecule has 0 amide bonds. The number of allylic oxidation sites excluding steroid dienone is 4. The lowest BCUT2D eigenvalue weighted by molar-refractivity contribution is -0.388. The molecule has 0 bridgehead atoms. The Labute approximate surface area is 408 Å². The average Bonchev–Trinajstić information content (AvgIpc) is 3.31. The minimum atomic E-state index is -1.88. The first-order valence-electron chi connectivity index (χ1n) is 23.5. The summed E-state index contributed by atoms with van der Waals surface area (Å²) in [4.78, 5) is 12.8. The van der Waals surface area contributed by atoms with Crippen LogP contribution in [0, 0.1) is 0 Å². The molecule has 21 heteroatoms. The van der Waals surface area contributed by atoms with Gasteiger partial charge < -0.3 is 98.4 Å². The van der Waals surface area contributed by atoms with E-state index in [9.17, 15) is 55.9 Å². The highest BCUT2D eigenvalue weighted by Crippen LogP contribution is 2.36. The number of rotatable bonds is 20. The van der Waals surface area contributed by atoms with Crippen LogP contribution in [-0.2, 0) is 47.4 Å². The maximum absolute atomic E-state index is 12.8. The van der Waals surface area contributed by atoms with Crippen molar-refractivity contribution >= 4 is 12.0 Å². The zero-order valence-electron chi connectivity index (χ0n) is 40.9. The number of carbonyl (C=O) groups excluding carboxylic acids is 1. The summed E-state index contributed by atoms with van der Waals surface area (Å²) in [7, 11) is 1.37. The van der Waals surface area contributed by atoms with E-state index in [1.807, 2.05) is 20.8 Å². The Bertz CT molecular complexity index is 1940. The number of aliphatic hydroxyl groups excluding tert-OH is 9. The molecule has 4 aliphatic rings. The predicted molar refractivity (Wildman–Crippen MR) is 246 cm³/mol. The van der Waals surface area contributed by atoms with Gasteiger partial charge in [0.25, 0.3) is 0 Å². The number of aliphatic hydroxyl groups is 9. The largest absolute Gasteiger partial charge is 0.504 e. The third kappa shape index (κ3) is 14.4. The van der Waals surface area contributed by atoms with Crippen LogP contribution in [0.1, 0.15) is 79.7 Å². The first-order chi connectivity index (χ1) is 33.0. The molecule has 4 fully saturated rings. The Morgan fingerprint density at radius 2 is 1.29 bits per heavy atom. The fourth-order valence-corrected chi connectivity index (χ4v) is 8.43. The molecule has 10 N–H and O–H groups in total. The number of hydrogen-bond donors (Lipinski definition) is 10. The quantitative estimate of drug-likeness (QED) is 0.0490. The van der Waals surface area contributed by atoms with E-state index >= 15 is 0 Å². The van der Waals surface area contributed by atoms with Crippen LogP contribution in [0.2, 0.25) is 0 Å². The topological polar surface area (TPSA) is 312 Å². The van der Waals surface area contributed by atoms with E-state index in [0.29, 0.717) is 18.4 Å². The van der Waals surface area contributed by atoms with Crippen LogP contribution >= 0.6 is 0 Å². The van der Waals surface area contributed by atoms with Crippen LogP contribution in [-0.4, -0.2) is 199 Å². The van der Waals surface area contributed by atoms with Crippen LogP contribution < -0.4 is 4.74 Å². The minimum Gasteiger partial charge on any atom is -0.504 e. The SMILES string of the molecule is C=C[C@](C)(CC/C=C(/C)CCC=C(C)C)O[C@@H]1O[C@H](CO[C@@H]2O[C@@H](C)[C@H](OC(=O)/C=C/c3ccc(O)c(OC)c3)[C@@H](O)[C@H]2O)[C@@H](O)[C@H](O)[C@H]1O[C@@H]1O[C@@H](C)[C@H](O[C@@H]2O[C@@H](C)[C@H](O)[C@@H](O)[C@H]2O)[C@@H](O)[C@H]1O. The van der Waals surface area contributed by atoms with Gasteiger partial charge in [0.15, 0.2) is 42.8 Å². The van der Waals surface area contributed by atoms with Gasteiger partial charge in [-0.25, -0.2) is 4.79 Å². The predicted octanol–water partition coefficient (Wildman–Crippen LogP) is 0.754. The van der Waals surface area contributed by atoms with Gasteiger partial charge in [0.1, 0.15) is 73.2 Å². The van der Waals surface area contributed by atoms with Crippen molar-refractivity contribution in [1.82, 2.24) is 0 Å². The smallest absolute Gasteiger partial charge is 0.331 e. The number of carbonyl (C=O) groups is 1. The summed E-state index contributed by atoms with van der Waals surface area (Å²) >= 11 is 0. The second-order valence-corrected chi connectivity index (χ2v) is 18.8. The van der Waals surface area contributed by atoms with Crippen molar-refractivity contribution in [3.63, 3.8) is 0 Å². The van der Waals surface area contributed by atoms with Gasteiger partial charge >= 0.3 is 5.97 Å². The summed E-state index contributed by atoms with van der Waals surface area (Å²) < 4.78 is 58.3. The van der Waals surface area contributed by atoms with Gasteiger partial charge in [0, 0.05) is 6.08 Å².